The van der Waals surface area contributed by atoms with Crippen molar-refractivity contribution >= 4 is 23.5 Å². The van der Waals surface area contributed by atoms with Gasteiger partial charge in [-0.3, -0.25) is 9.78 Å². The number of benzene rings is 1. The van der Waals surface area contributed by atoms with Crippen molar-refractivity contribution in [3.05, 3.63) is 30.7 Å². The Morgan fingerprint density at radius 3 is 2.42 bits per heavy atom. The molecule has 3 heterocycles. The van der Waals surface area contributed by atoms with Gasteiger partial charge in [-0.25, -0.2) is 0 Å². The second kappa shape index (κ2) is 4.94. The predicted molar refractivity (Wildman–Crippen MR) is 94.0 cm³/mol. The van der Waals surface area contributed by atoms with Gasteiger partial charge >= 0.3 is 7.12 Å². The molecule has 1 aliphatic rings. The zero-order valence-corrected chi connectivity index (χ0v) is 14.6. The molecule has 1 N–H and O–H groups in total. The topological polar surface area (TPSA) is 65.0 Å². The molecule has 7 heteroatoms. The maximum atomic E-state index is 6.19. The van der Waals surface area contributed by atoms with Gasteiger partial charge in [0.1, 0.15) is 0 Å². The predicted octanol–water partition coefficient (Wildman–Crippen LogP) is 2.26. The van der Waals surface area contributed by atoms with Gasteiger partial charge in [0.25, 0.3) is 0 Å². The molecule has 1 aromatic carbocycles. The zero-order chi connectivity index (χ0) is 17.1. The van der Waals surface area contributed by atoms with Crippen molar-refractivity contribution < 1.29 is 9.31 Å². The molecule has 0 atom stereocenters. The summed E-state index contributed by atoms with van der Waals surface area (Å²) in [4.78, 5) is 0. The van der Waals surface area contributed by atoms with E-state index in [9.17, 15) is 0 Å². The first kappa shape index (κ1) is 15.4. The van der Waals surface area contributed by atoms with Gasteiger partial charge < -0.3 is 9.31 Å². The Kier molecular flexibility index (Phi) is 3.17. The number of nitrogens with one attached hydrogen (secondary N) is 1. The Hall–Kier alpha value is -2.12. The van der Waals surface area contributed by atoms with Crippen molar-refractivity contribution in [2.75, 3.05) is 0 Å². The molecule has 6 nitrogen and oxygen atoms in total. The monoisotopic (exact) mass is 324 g/mol. The fourth-order valence-corrected chi connectivity index (χ4v) is 3.04. The molecular formula is C17H21BN4O2. The first-order chi connectivity index (χ1) is 11.3. The van der Waals surface area contributed by atoms with Gasteiger partial charge in [0, 0.05) is 29.7 Å². The van der Waals surface area contributed by atoms with E-state index in [1.807, 2.05) is 31.7 Å². The SMILES string of the molecule is Cn1cc(-c2ccc(B3OC(C)(C)C(C)(C)O3)c3[nH]ncc23)cn1. The van der Waals surface area contributed by atoms with Crippen LogP contribution in [-0.2, 0) is 16.4 Å². The van der Waals surface area contributed by atoms with E-state index in [0.29, 0.717) is 0 Å². The van der Waals surface area contributed by atoms with E-state index in [4.69, 9.17) is 9.31 Å². The summed E-state index contributed by atoms with van der Waals surface area (Å²) in [5, 5.41) is 12.6. The highest BCUT2D eigenvalue weighted by Gasteiger charge is 2.52. The molecule has 0 radical (unpaired) electrons. The van der Waals surface area contributed by atoms with Gasteiger partial charge in [0.05, 0.1) is 29.1 Å². The Labute approximate surface area is 141 Å². The average Bonchev–Trinajstić information content (AvgIpc) is 3.17. The molecule has 4 rings (SSSR count). The van der Waals surface area contributed by atoms with Gasteiger partial charge in [0.15, 0.2) is 0 Å². The van der Waals surface area contributed by atoms with Crippen LogP contribution < -0.4 is 5.46 Å². The van der Waals surface area contributed by atoms with Crippen LogP contribution in [0.25, 0.3) is 22.0 Å². The van der Waals surface area contributed by atoms with Crippen LogP contribution in [0, 0.1) is 0 Å². The van der Waals surface area contributed by atoms with Crippen molar-refractivity contribution in [3.8, 4) is 11.1 Å². The van der Waals surface area contributed by atoms with E-state index >= 15 is 0 Å². The lowest BCUT2D eigenvalue weighted by Gasteiger charge is -2.32. The van der Waals surface area contributed by atoms with Crippen LogP contribution in [0.4, 0.5) is 0 Å². The molecule has 124 valence electrons. The Morgan fingerprint density at radius 2 is 1.79 bits per heavy atom. The van der Waals surface area contributed by atoms with E-state index in [-0.39, 0.29) is 11.2 Å². The molecule has 0 aliphatic carbocycles. The molecule has 0 spiro atoms. The molecule has 0 unspecified atom stereocenters. The van der Waals surface area contributed by atoms with E-state index in [1.165, 1.54) is 0 Å². The highest BCUT2D eigenvalue weighted by molar-refractivity contribution is 6.65. The standard InChI is InChI=1S/C17H21BN4O2/c1-16(2)17(3,4)24-18(23-16)14-7-6-12(11-8-20-22(5)10-11)13-9-19-21-15(13)14/h6-10H,1-5H3,(H,19,21). The summed E-state index contributed by atoms with van der Waals surface area (Å²) < 4.78 is 14.2. The van der Waals surface area contributed by atoms with Gasteiger partial charge in [-0.15, -0.1) is 0 Å². The van der Waals surface area contributed by atoms with Crippen LogP contribution in [-0.4, -0.2) is 38.3 Å². The van der Waals surface area contributed by atoms with E-state index < -0.39 is 7.12 Å². The molecular weight excluding hydrogens is 303 g/mol. The normalized spacial score (nSPS) is 19.3. The van der Waals surface area contributed by atoms with Crippen molar-refractivity contribution in [2.45, 2.75) is 38.9 Å². The first-order valence-electron chi connectivity index (χ1n) is 8.09. The third-order valence-corrected chi connectivity index (χ3v) is 5.17. The Balaban J connectivity index is 1.81. The van der Waals surface area contributed by atoms with Gasteiger partial charge in [-0.05, 0) is 33.3 Å². The highest BCUT2D eigenvalue weighted by Crippen LogP contribution is 2.37. The first-order valence-corrected chi connectivity index (χ1v) is 8.09. The molecule has 1 fully saturated rings. The minimum absolute atomic E-state index is 0.369. The van der Waals surface area contributed by atoms with Crippen molar-refractivity contribution in [1.82, 2.24) is 20.0 Å². The summed E-state index contributed by atoms with van der Waals surface area (Å²) in [5.41, 5.74) is 3.32. The van der Waals surface area contributed by atoms with Crippen LogP contribution in [0.2, 0.25) is 0 Å². The highest BCUT2D eigenvalue weighted by atomic mass is 16.7. The van der Waals surface area contributed by atoms with Gasteiger partial charge in [0.2, 0.25) is 0 Å². The fraction of sp³-hybridized carbons (Fsp3) is 0.412. The van der Waals surface area contributed by atoms with Crippen LogP contribution in [0.3, 0.4) is 0 Å². The second-order valence-electron chi connectivity index (χ2n) is 7.35. The number of fused-ring (bicyclic) bond motifs is 1. The minimum atomic E-state index is -0.416. The number of aromatic nitrogens is 4. The molecule has 0 saturated carbocycles. The van der Waals surface area contributed by atoms with Crippen LogP contribution in [0.5, 0.6) is 0 Å². The van der Waals surface area contributed by atoms with Crippen LogP contribution in [0.15, 0.2) is 30.7 Å². The number of hydrogen-bond donors (Lipinski definition) is 1. The van der Waals surface area contributed by atoms with Gasteiger partial charge in [-0.2, -0.15) is 10.2 Å². The van der Waals surface area contributed by atoms with E-state index in [0.717, 1.165) is 27.5 Å². The molecule has 2 aromatic heterocycles. The zero-order valence-electron chi connectivity index (χ0n) is 14.6. The number of nitrogens with zero attached hydrogens (tertiary/aromatic N) is 3. The summed E-state index contributed by atoms with van der Waals surface area (Å²) in [5.74, 6) is 0. The third-order valence-electron chi connectivity index (χ3n) is 5.17. The summed E-state index contributed by atoms with van der Waals surface area (Å²) in [6, 6.07) is 4.13. The quantitative estimate of drug-likeness (QED) is 0.735. The summed E-state index contributed by atoms with van der Waals surface area (Å²) in [7, 11) is 1.50. The average molecular weight is 324 g/mol. The second-order valence-corrected chi connectivity index (χ2v) is 7.35. The lowest BCUT2D eigenvalue weighted by Crippen LogP contribution is -2.41. The molecule has 0 bridgehead atoms. The lowest BCUT2D eigenvalue weighted by atomic mass is 9.77. The molecule has 24 heavy (non-hydrogen) atoms. The van der Waals surface area contributed by atoms with Crippen molar-refractivity contribution in [1.29, 1.82) is 0 Å². The van der Waals surface area contributed by atoms with Gasteiger partial charge in [-0.1, -0.05) is 12.1 Å². The van der Waals surface area contributed by atoms with Crippen LogP contribution >= 0.6 is 0 Å². The summed E-state index contributed by atoms with van der Waals surface area (Å²) in [6.07, 6.45) is 5.69. The number of H-pyrrole nitrogens is 1. The fourth-order valence-electron chi connectivity index (χ4n) is 3.04. The minimum Gasteiger partial charge on any atom is -0.399 e. The van der Waals surface area contributed by atoms with E-state index in [2.05, 4.69) is 49.1 Å². The maximum absolute atomic E-state index is 6.19. The molecule has 1 aliphatic heterocycles. The maximum Gasteiger partial charge on any atom is 0.497 e. The lowest BCUT2D eigenvalue weighted by molar-refractivity contribution is 0.00578. The molecule has 1 saturated heterocycles. The van der Waals surface area contributed by atoms with Crippen molar-refractivity contribution in [2.24, 2.45) is 7.05 Å². The van der Waals surface area contributed by atoms with E-state index in [1.54, 1.807) is 4.68 Å². The largest absolute Gasteiger partial charge is 0.497 e. The Morgan fingerprint density at radius 1 is 1.08 bits per heavy atom. The third kappa shape index (κ3) is 2.19. The number of aryl methyl sites for hydroxylation is 1. The number of hydrogen-bond acceptors (Lipinski definition) is 4. The summed E-state index contributed by atoms with van der Waals surface area (Å²) >= 11 is 0. The molecule has 3 aromatic rings. The number of aromatic amines is 1. The van der Waals surface area contributed by atoms with Crippen LogP contribution in [0.1, 0.15) is 27.7 Å². The molecule has 0 amide bonds. The number of rotatable bonds is 2. The van der Waals surface area contributed by atoms with Crippen molar-refractivity contribution in [3.63, 3.8) is 0 Å². The smallest absolute Gasteiger partial charge is 0.399 e. The Bertz CT molecular complexity index is 896. The summed E-state index contributed by atoms with van der Waals surface area (Å²) in [6.45, 7) is 8.23.